The summed E-state index contributed by atoms with van der Waals surface area (Å²) in [5, 5.41) is 10.3. The average molecular weight is 249 g/mol. The lowest BCUT2D eigenvalue weighted by Crippen LogP contribution is -2.45. The average Bonchev–Trinajstić information content (AvgIpc) is 2.66. The van der Waals surface area contributed by atoms with Crippen molar-refractivity contribution in [1.29, 1.82) is 0 Å². The second-order valence-corrected chi connectivity index (χ2v) is 5.62. The smallest absolute Gasteiger partial charge is 0.186 e. The van der Waals surface area contributed by atoms with E-state index in [0.717, 1.165) is 33.9 Å². The van der Waals surface area contributed by atoms with Crippen LogP contribution in [0.25, 0.3) is 10.2 Å². The zero-order valence-electron chi connectivity index (χ0n) is 9.63. The number of anilines is 2. The van der Waals surface area contributed by atoms with Crippen LogP contribution < -0.4 is 10.6 Å². The van der Waals surface area contributed by atoms with Crippen LogP contribution in [0.1, 0.15) is 12.8 Å². The maximum Gasteiger partial charge on any atom is 0.186 e. The number of aliphatic hydroxyl groups is 1. The summed E-state index contributed by atoms with van der Waals surface area (Å²) >= 11 is 1.65. The van der Waals surface area contributed by atoms with Crippen molar-refractivity contribution in [3.63, 3.8) is 0 Å². The Kier molecular flexibility index (Phi) is 2.45. The normalized spacial score (nSPS) is 23.6. The van der Waals surface area contributed by atoms with E-state index >= 15 is 0 Å². The van der Waals surface area contributed by atoms with E-state index in [4.69, 9.17) is 5.73 Å². The Labute approximate surface area is 104 Å². The highest BCUT2D eigenvalue weighted by Crippen LogP contribution is 2.34. The molecular formula is C12H15N3OS. The number of nitrogen functional groups attached to an aromatic ring is 1. The number of rotatable bonds is 2. The molecule has 0 radical (unpaired) electrons. The van der Waals surface area contributed by atoms with Crippen molar-refractivity contribution >= 4 is 32.4 Å². The molecule has 1 aromatic heterocycles. The molecule has 5 heteroatoms. The Hall–Kier alpha value is -1.33. The molecule has 0 bridgehead atoms. The van der Waals surface area contributed by atoms with Crippen molar-refractivity contribution in [2.45, 2.75) is 25.0 Å². The summed E-state index contributed by atoms with van der Waals surface area (Å²) < 4.78 is 1.12. The Morgan fingerprint density at radius 2 is 2.24 bits per heavy atom. The highest BCUT2D eigenvalue weighted by molar-refractivity contribution is 7.22. The molecule has 3 N–H and O–H groups in total. The van der Waals surface area contributed by atoms with Crippen LogP contribution in [0.4, 0.5) is 10.8 Å². The first-order valence-corrected chi connectivity index (χ1v) is 6.52. The largest absolute Gasteiger partial charge is 0.399 e. The minimum Gasteiger partial charge on any atom is -0.399 e. The molecule has 0 atom stereocenters. The van der Waals surface area contributed by atoms with E-state index in [9.17, 15) is 5.11 Å². The van der Waals surface area contributed by atoms with E-state index in [1.165, 1.54) is 0 Å². The van der Waals surface area contributed by atoms with Crippen molar-refractivity contribution in [3.8, 4) is 0 Å². The summed E-state index contributed by atoms with van der Waals surface area (Å²) in [4.78, 5) is 6.75. The van der Waals surface area contributed by atoms with Crippen molar-refractivity contribution in [2.75, 3.05) is 17.7 Å². The van der Waals surface area contributed by atoms with Crippen LogP contribution in [0.5, 0.6) is 0 Å². The van der Waals surface area contributed by atoms with Gasteiger partial charge < -0.3 is 15.7 Å². The van der Waals surface area contributed by atoms with Gasteiger partial charge in [-0.3, -0.25) is 0 Å². The van der Waals surface area contributed by atoms with Gasteiger partial charge in [0.15, 0.2) is 5.13 Å². The molecule has 0 unspecified atom stereocenters. The van der Waals surface area contributed by atoms with Gasteiger partial charge in [-0.2, -0.15) is 0 Å². The van der Waals surface area contributed by atoms with Crippen molar-refractivity contribution in [3.05, 3.63) is 18.2 Å². The Morgan fingerprint density at radius 3 is 2.94 bits per heavy atom. The molecular weight excluding hydrogens is 234 g/mol. The van der Waals surface area contributed by atoms with E-state index in [1.54, 1.807) is 11.3 Å². The topological polar surface area (TPSA) is 62.4 Å². The summed E-state index contributed by atoms with van der Waals surface area (Å²) in [5.41, 5.74) is 7.52. The molecule has 1 saturated carbocycles. The number of aromatic nitrogens is 1. The molecule has 1 fully saturated rings. The minimum atomic E-state index is -0.132. The van der Waals surface area contributed by atoms with E-state index in [0.29, 0.717) is 6.04 Å². The fraction of sp³-hybridized carbons (Fsp3) is 0.417. The van der Waals surface area contributed by atoms with Crippen LogP contribution in [0.3, 0.4) is 0 Å². The molecule has 0 spiro atoms. The van der Waals surface area contributed by atoms with Crippen LogP contribution in [0.15, 0.2) is 18.2 Å². The number of hydrogen-bond acceptors (Lipinski definition) is 5. The van der Waals surface area contributed by atoms with Gasteiger partial charge in [0.1, 0.15) is 0 Å². The molecule has 2 aromatic rings. The van der Waals surface area contributed by atoms with E-state index in [2.05, 4.69) is 9.88 Å². The van der Waals surface area contributed by atoms with Gasteiger partial charge in [-0.1, -0.05) is 11.3 Å². The van der Waals surface area contributed by atoms with Gasteiger partial charge in [0.2, 0.25) is 0 Å². The number of hydrogen-bond donors (Lipinski definition) is 2. The predicted octanol–water partition coefficient (Wildman–Crippen LogP) is 1.84. The first-order valence-electron chi connectivity index (χ1n) is 5.70. The molecule has 1 aliphatic carbocycles. The first kappa shape index (κ1) is 10.8. The molecule has 0 aliphatic heterocycles. The second kappa shape index (κ2) is 3.85. The zero-order valence-corrected chi connectivity index (χ0v) is 10.4. The summed E-state index contributed by atoms with van der Waals surface area (Å²) in [6.45, 7) is 0. The number of aliphatic hydroxyl groups excluding tert-OH is 1. The van der Waals surface area contributed by atoms with Crippen LogP contribution in [0, 0.1) is 0 Å². The quantitative estimate of drug-likeness (QED) is 0.797. The van der Waals surface area contributed by atoms with Crippen molar-refractivity contribution in [1.82, 2.24) is 4.98 Å². The summed E-state index contributed by atoms with van der Waals surface area (Å²) in [7, 11) is 2.04. The summed E-state index contributed by atoms with van der Waals surface area (Å²) in [5.74, 6) is 0. The molecule has 1 aliphatic rings. The van der Waals surface area contributed by atoms with E-state index < -0.39 is 0 Å². The van der Waals surface area contributed by atoms with Crippen LogP contribution in [-0.2, 0) is 0 Å². The van der Waals surface area contributed by atoms with E-state index in [-0.39, 0.29) is 6.10 Å². The molecule has 0 saturated heterocycles. The fourth-order valence-electron chi connectivity index (χ4n) is 2.11. The minimum absolute atomic E-state index is 0.132. The lowest BCUT2D eigenvalue weighted by Gasteiger charge is -2.38. The molecule has 90 valence electrons. The van der Waals surface area contributed by atoms with Gasteiger partial charge in [0.05, 0.1) is 16.3 Å². The number of nitrogens with two attached hydrogens (primary N) is 1. The van der Waals surface area contributed by atoms with Gasteiger partial charge in [-0.25, -0.2) is 4.98 Å². The molecule has 3 rings (SSSR count). The maximum atomic E-state index is 9.33. The lowest BCUT2D eigenvalue weighted by atomic mass is 9.89. The molecule has 17 heavy (non-hydrogen) atoms. The fourth-order valence-corrected chi connectivity index (χ4v) is 3.16. The first-order chi connectivity index (χ1) is 8.13. The van der Waals surface area contributed by atoms with E-state index in [1.807, 2.05) is 25.2 Å². The highest BCUT2D eigenvalue weighted by atomic mass is 32.1. The molecule has 1 aromatic carbocycles. The molecule has 4 nitrogen and oxygen atoms in total. The van der Waals surface area contributed by atoms with Crippen LogP contribution >= 0.6 is 11.3 Å². The Bertz CT molecular complexity index is 548. The van der Waals surface area contributed by atoms with Gasteiger partial charge >= 0.3 is 0 Å². The monoisotopic (exact) mass is 249 g/mol. The van der Waals surface area contributed by atoms with Crippen molar-refractivity contribution < 1.29 is 5.11 Å². The van der Waals surface area contributed by atoms with Crippen LogP contribution in [-0.4, -0.2) is 29.3 Å². The number of thiazole rings is 1. The van der Waals surface area contributed by atoms with Gasteiger partial charge in [0, 0.05) is 18.8 Å². The SMILES string of the molecule is CN(c1nc2ccc(N)cc2s1)C1CC(O)C1. The van der Waals surface area contributed by atoms with Gasteiger partial charge in [-0.05, 0) is 31.0 Å². The van der Waals surface area contributed by atoms with Crippen molar-refractivity contribution in [2.24, 2.45) is 0 Å². The number of nitrogens with zero attached hydrogens (tertiary/aromatic N) is 2. The van der Waals surface area contributed by atoms with Crippen LogP contribution in [0.2, 0.25) is 0 Å². The highest BCUT2D eigenvalue weighted by Gasteiger charge is 2.31. The predicted molar refractivity (Wildman–Crippen MR) is 71.5 cm³/mol. The lowest BCUT2D eigenvalue weighted by molar-refractivity contribution is 0.0750. The molecule has 0 amide bonds. The maximum absolute atomic E-state index is 9.33. The second-order valence-electron chi connectivity index (χ2n) is 4.61. The standard InChI is InChI=1S/C12H15N3OS/c1-15(8-5-9(16)6-8)12-14-10-3-2-7(13)4-11(10)17-12/h2-4,8-9,16H,5-6,13H2,1H3. The van der Waals surface area contributed by atoms with Gasteiger partial charge in [-0.15, -0.1) is 0 Å². The summed E-state index contributed by atoms with van der Waals surface area (Å²) in [6, 6.07) is 6.20. The third-order valence-corrected chi connectivity index (χ3v) is 4.45. The summed E-state index contributed by atoms with van der Waals surface area (Å²) in [6.07, 6.45) is 1.55. The molecule has 1 heterocycles. The number of benzene rings is 1. The zero-order chi connectivity index (χ0) is 12.0. The third-order valence-electron chi connectivity index (χ3n) is 3.34. The Morgan fingerprint density at radius 1 is 1.47 bits per heavy atom. The Balaban J connectivity index is 1.90. The third kappa shape index (κ3) is 1.85. The number of fused-ring (bicyclic) bond motifs is 1. The van der Waals surface area contributed by atoms with Gasteiger partial charge in [0.25, 0.3) is 0 Å².